The predicted molar refractivity (Wildman–Crippen MR) is 47.5 cm³/mol. The van der Waals surface area contributed by atoms with Crippen LogP contribution >= 0.6 is 0 Å². The van der Waals surface area contributed by atoms with Gasteiger partial charge in [-0.15, -0.1) is 6.58 Å². The van der Waals surface area contributed by atoms with Gasteiger partial charge in [-0.3, -0.25) is 4.98 Å². The first kappa shape index (κ1) is 7.79. The first-order valence-electron chi connectivity index (χ1n) is 3.68. The Hall–Kier alpha value is -1.31. The molecule has 1 aromatic rings. The summed E-state index contributed by atoms with van der Waals surface area (Å²) in [6.45, 7) is 4.56. The van der Waals surface area contributed by atoms with Gasteiger partial charge in [0.25, 0.3) is 0 Å². The van der Waals surface area contributed by atoms with Gasteiger partial charge in [0, 0.05) is 18.9 Å². The average Bonchev–Trinajstić information content (AvgIpc) is 2.07. The summed E-state index contributed by atoms with van der Waals surface area (Å²) in [6.07, 6.45) is 6.44. The van der Waals surface area contributed by atoms with Crippen molar-refractivity contribution in [2.45, 2.75) is 6.42 Å². The fourth-order valence-corrected chi connectivity index (χ4v) is 0.786. The molecule has 0 bridgehead atoms. The number of rotatable bonds is 4. The number of nitrogens with zero attached hydrogens (tertiary/aromatic N) is 1. The molecule has 0 aliphatic heterocycles. The van der Waals surface area contributed by atoms with E-state index in [0.29, 0.717) is 0 Å². The molecule has 0 aliphatic rings. The highest BCUT2D eigenvalue weighted by atomic mass is 14.9. The van der Waals surface area contributed by atoms with E-state index in [2.05, 4.69) is 16.9 Å². The summed E-state index contributed by atoms with van der Waals surface area (Å²) in [6, 6.07) is 3.91. The maximum atomic E-state index is 3.98. The second-order valence-electron chi connectivity index (χ2n) is 2.25. The Balaban J connectivity index is 2.33. The lowest BCUT2D eigenvalue weighted by atomic mass is 10.4. The molecular weight excluding hydrogens is 136 g/mol. The third-order valence-electron chi connectivity index (χ3n) is 1.34. The Morgan fingerprint density at radius 3 is 3.18 bits per heavy atom. The molecule has 1 heterocycles. The molecule has 0 fully saturated rings. The molecule has 0 amide bonds. The predicted octanol–water partition coefficient (Wildman–Crippen LogP) is 2.07. The fraction of sp³-hybridized carbons (Fsp3) is 0.222. The number of hydrogen-bond donors (Lipinski definition) is 1. The SMILES string of the molecule is C=CCCNc1cccnc1. The van der Waals surface area contributed by atoms with Crippen molar-refractivity contribution in [1.29, 1.82) is 0 Å². The molecule has 0 radical (unpaired) electrons. The summed E-state index contributed by atoms with van der Waals surface area (Å²) in [5.74, 6) is 0. The summed E-state index contributed by atoms with van der Waals surface area (Å²) in [5, 5.41) is 3.21. The lowest BCUT2D eigenvalue weighted by Crippen LogP contribution is -1.99. The van der Waals surface area contributed by atoms with Crippen molar-refractivity contribution >= 4 is 5.69 Å². The monoisotopic (exact) mass is 148 g/mol. The minimum Gasteiger partial charge on any atom is -0.383 e. The lowest BCUT2D eigenvalue weighted by Gasteiger charge is -2.01. The van der Waals surface area contributed by atoms with E-state index in [0.717, 1.165) is 18.7 Å². The van der Waals surface area contributed by atoms with Gasteiger partial charge in [-0.1, -0.05) is 6.08 Å². The van der Waals surface area contributed by atoms with E-state index in [1.165, 1.54) is 0 Å². The molecule has 1 N–H and O–H groups in total. The van der Waals surface area contributed by atoms with E-state index in [-0.39, 0.29) is 0 Å². The normalized spacial score (nSPS) is 9.09. The van der Waals surface area contributed by atoms with Gasteiger partial charge in [0.15, 0.2) is 0 Å². The van der Waals surface area contributed by atoms with E-state index >= 15 is 0 Å². The smallest absolute Gasteiger partial charge is 0.0526 e. The van der Waals surface area contributed by atoms with Crippen LogP contribution in [0.15, 0.2) is 37.2 Å². The summed E-state index contributed by atoms with van der Waals surface area (Å²) >= 11 is 0. The zero-order chi connectivity index (χ0) is 7.94. The van der Waals surface area contributed by atoms with Gasteiger partial charge in [-0.2, -0.15) is 0 Å². The minimum atomic E-state index is 0.926. The third-order valence-corrected chi connectivity index (χ3v) is 1.34. The van der Waals surface area contributed by atoms with Gasteiger partial charge in [-0.05, 0) is 18.6 Å². The molecule has 1 aromatic heterocycles. The number of nitrogens with one attached hydrogen (secondary N) is 1. The van der Waals surface area contributed by atoms with E-state index in [1.54, 1.807) is 6.20 Å². The van der Waals surface area contributed by atoms with Gasteiger partial charge < -0.3 is 5.32 Å². The lowest BCUT2D eigenvalue weighted by molar-refractivity contribution is 1.07. The quantitative estimate of drug-likeness (QED) is 0.522. The Labute approximate surface area is 67.0 Å². The highest BCUT2D eigenvalue weighted by Crippen LogP contribution is 2.01. The molecule has 58 valence electrons. The molecule has 1 rings (SSSR count). The molecule has 0 saturated heterocycles. The van der Waals surface area contributed by atoms with Gasteiger partial charge in [-0.25, -0.2) is 0 Å². The van der Waals surface area contributed by atoms with Gasteiger partial charge >= 0.3 is 0 Å². The van der Waals surface area contributed by atoms with E-state index in [1.807, 2.05) is 24.4 Å². The van der Waals surface area contributed by atoms with Crippen molar-refractivity contribution in [3.8, 4) is 0 Å². The third kappa shape index (κ3) is 2.85. The number of aromatic nitrogens is 1. The van der Waals surface area contributed by atoms with Crippen LogP contribution in [0.25, 0.3) is 0 Å². The number of hydrogen-bond acceptors (Lipinski definition) is 2. The van der Waals surface area contributed by atoms with Crippen molar-refractivity contribution in [3.05, 3.63) is 37.2 Å². The summed E-state index contributed by atoms with van der Waals surface area (Å²) in [4.78, 5) is 3.98. The zero-order valence-electron chi connectivity index (χ0n) is 6.46. The van der Waals surface area contributed by atoms with Crippen LogP contribution in [-0.2, 0) is 0 Å². The maximum Gasteiger partial charge on any atom is 0.0526 e. The van der Waals surface area contributed by atoms with Crippen LogP contribution in [0.1, 0.15) is 6.42 Å². The van der Waals surface area contributed by atoms with Gasteiger partial charge in [0.05, 0.1) is 5.69 Å². The zero-order valence-corrected chi connectivity index (χ0v) is 6.46. The van der Waals surface area contributed by atoms with Crippen LogP contribution in [0.3, 0.4) is 0 Å². The summed E-state index contributed by atoms with van der Waals surface area (Å²) in [5.41, 5.74) is 1.06. The van der Waals surface area contributed by atoms with Gasteiger partial charge in [0.2, 0.25) is 0 Å². The van der Waals surface area contributed by atoms with Gasteiger partial charge in [0.1, 0.15) is 0 Å². The molecule has 0 aromatic carbocycles. The topological polar surface area (TPSA) is 24.9 Å². The average molecular weight is 148 g/mol. The van der Waals surface area contributed by atoms with Crippen molar-refractivity contribution in [2.75, 3.05) is 11.9 Å². The minimum absolute atomic E-state index is 0.926. The first-order chi connectivity index (χ1) is 5.43. The van der Waals surface area contributed by atoms with E-state index in [9.17, 15) is 0 Å². The van der Waals surface area contributed by atoms with Crippen molar-refractivity contribution in [3.63, 3.8) is 0 Å². The van der Waals surface area contributed by atoms with Crippen molar-refractivity contribution < 1.29 is 0 Å². The van der Waals surface area contributed by atoms with Crippen LogP contribution < -0.4 is 5.32 Å². The summed E-state index contributed by atoms with van der Waals surface area (Å²) in [7, 11) is 0. The van der Waals surface area contributed by atoms with Crippen LogP contribution in [0.2, 0.25) is 0 Å². The molecular formula is C9H12N2. The first-order valence-corrected chi connectivity index (χ1v) is 3.68. The molecule has 2 nitrogen and oxygen atoms in total. The van der Waals surface area contributed by atoms with Crippen molar-refractivity contribution in [1.82, 2.24) is 4.98 Å². The van der Waals surface area contributed by atoms with E-state index in [4.69, 9.17) is 0 Å². The van der Waals surface area contributed by atoms with Crippen LogP contribution in [0, 0.1) is 0 Å². The molecule has 0 atom stereocenters. The maximum absolute atomic E-state index is 3.98. The highest BCUT2D eigenvalue weighted by molar-refractivity contribution is 5.39. The molecule has 11 heavy (non-hydrogen) atoms. The second-order valence-corrected chi connectivity index (χ2v) is 2.25. The van der Waals surface area contributed by atoms with Crippen LogP contribution in [-0.4, -0.2) is 11.5 Å². The Bertz CT molecular complexity index is 206. The Kier molecular flexibility index (Phi) is 3.19. The largest absolute Gasteiger partial charge is 0.383 e. The molecule has 2 heteroatoms. The molecule has 0 unspecified atom stereocenters. The Morgan fingerprint density at radius 2 is 2.55 bits per heavy atom. The fourth-order valence-electron chi connectivity index (χ4n) is 0.786. The van der Waals surface area contributed by atoms with Crippen LogP contribution in [0.4, 0.5) is 5.69 Å². The summed E-state index contributed by atoms with van der Waals surface area (Å²) < 4.78 is 0. The standard InChI is InChI=1S/C9H12N2/c1-2-3-7-11-9-5-4-6-10-8-9/h2,4-6,8,11H,1,3,7H2. The number of pyridine rings is 1. The highest BCUT2D eigenvalue weighted by Gasteiger charge is 1.86. The molecule has 0 aliphatic carbocycles. The number of anilines is 1. The van der Waals surface area contributed by atoms with Crippen molar-refractivity contribution in [2.24, 2.45) is 0 Å². The molecule has 0 spiro atoms. The Morgan fingerprint density at radius 1 is 1.64 bits per heavy atom. The van der Waals surface area contributed by atoms with Crippen LogP contribution in [0.5, 0.6) is 0 Å². The second kappa shape index (κ2) is 4.50. The molecule has 0 saturated carbocycles. The van der Waals surface area contributed by atoms with E-state index < -0.39 is 0 Å².